The molecule has 2 N–H and O–H groups in total. The zero-order chi connectivity index (χ0) is 10.2. The highest BCUT2D eigenvalue weighted by atomic mass is 32.3. The van der Waals surface area contributed by atoms with Gasteiger partial charge in [-0.25, -0.2) is 0 Å². The molecule has 0 aliphatic carbocycles. The van der Waals surface area contributed by atoms with E-state index in [1.165, 1.54) is 6.92 Å². The Morgan fingerprint density at radius 1 is 1.62 bits per heavy atom. The normalized spacial score (nSPS) is 11.5. The van der Waals surface area contributed by atoms with Crippen molar-refractivity contribution in [2.24, 2.45) is 5.73 Å². The first-order chi connectivity index (χ1) is 5.82. The number of halogens is 1. The first-order valence-electron chi connectivity index (χ1n) is 3.17. The minimum atomic E-state index is -4.85. The molecule has 0 unspecified atom stereocenters. The summed E-state index contributed by atoms with van der Waals surface area (Å²) in [6.45, 7) is 1.22. The maximum absolute atomic E-state index is 12.4. The first kappa shape index (κ1) is 9.72. The largest absolute Gasteiger partial charge is 0.455 e. The fourth-order valence-electron chi connectivity index (χ4n) is 0.829. The van der Waals surface area contributed by atoms with Crippen LogP contribution < -0.4 is 5.73 Å². The van der Waals surface area contributed by atoms with Crippen molar-refractivity contribution in [1.82, 2.24) is 0 Å². The predicted molar refractivity (Wildman–Crippen MR) is 40.3 cm³/mol. The summed E-state index contributed by atoms with van der Waals surface area (Å²) in [7, 11) is -4.85. The lowest BCUT2D eigenvalue weighted by atomic mass is 10.4. The van der Waals surface area contributed by atoms with Crippen molar-refractivity contribution < 1.29 is 21.5 Å². The van der Waals surface area contributed by atoms with Crippen molar-refractivity contribution in [2.75, 3.05) is 0 Å². The predicted octanol–water partition coefficient (Wildman–Crippen LogP) is 0.345. The maximum Gasteiger partial charge on any atom is 0.335 e. The first-order valence-corrected chi connectivity index (χ1v) is 4.55. The molecule has 0 aromatic carbocycles. The average molecular weight is 207 g/mol. The van der Waals surface area contributed by atoms with E-state index in [1.807, 2.05) is 0 Å². The molecule has 1 heterocycles. The third-order valence-corrected chi connectivity index (χ3v) is 2.31. The summed E-state index contributed by atoms with van der Waals surface area (Å²) in [5, 5.41) is 0. The second-order valence-corrected chi connectivity index (χ2v) is 3.65. The Kier molecular flexibility index (Phi) is 2.12. The fraction of sp³-hybridized carbons (Fsp3) is 0.167. The molecule has 0 aliphatic heterocycles. The van der Waals surface area contributed by atoms with E-state index in [0.29, 0.717) is 0 Å². The number of rotatable bonds is 2. The number of carbonyl (C=O) groups excluding carboxylic acids is 1. The molecule has 0 saturated carbocycles. The van der Waals surface area contributed by atoms with E-state index in [-0.39, 0.29) is 11.5 Å². The molecule has 7 heteroatoms. The number of hydrogen-bond donors (Lipinski definition) is 1. The third-order valence-electron chi connectivity index (χ3n) is 1.38. The van der Waals surface area contributed by atoms with Crippen LogP contribution in [-0.2, 0) is 10.2 Å². The van der Waals surface area contributed by atoms with Crippen LogP contribution in [0.5, 0.6) is 0 Å². The molecule has 0 spiro atoms. The molecule has 1 aromatic heterocycles. The molecule has 0 aliphatic rings. The van der Waals surface area contributed by atoms with Gasteiger partial charge in [0.25, 0.3) is 5.91 Å². The number of aryl methyl sites for hydroxylation is 1. The highest BCUT2D eigenvalue weighted by molar-refractivity contribution is 7.86. The molecule has 0 bridgehead atoms. The minimum absolute atomic E-state index is 0.198. The van der Waals surface area contributed by atoms with Gasteiger partial charge in [-0.3, -0.25) is 4.79 Å². The van der Waals surface area contributed by atoms with Crippen molar-refractivity contribution in [3.8, 4) is 0 Å². The average Bonchev–Trinajstić information content (AvgIpc) is 2.29. The van der Waals surface area contributed by atoms with E-state index in [4.69, 9.17) is 5.73 Å². The van der Waals surface area contributed by atoms with Gasteiger partial charge in [0.2, 0.25) is 0 Å². The SMILES string of the molecule is Cc1oc(C(N)=O)cc1S(=O)(=O)F. The summed E-state index contributed by atoms with van der Waals surface area (Å²) in [6, 6.07) is 0.757. The van der Waals surface area contributed by atoms with Gasteiger partial charge in [-0.2, -0.15) is 8.42 Å². The van der Waals surface area contributed by atoms with Crippen molar-refractivity contribution in [3.63, 3.8) is 0 Å². The van der Waals surface area contributed by atoms with Crippen molar-refractivity contribution in [2.45, 2.75) is 11.8 Å². The van der Waals surface area contributed by atoms with Gasteiger partial charge in [0.1, 0.15) is 10.7 Å². The second-order valence-electron chi connectivity index (χ2n) is 2.33. The third kappa shape index (κ3) is 1.86. The lowest BCUT2D eigenvalue weighted by Gasteiger charge is -1.87. The second kappa shape index (κ2) is 2.84. The van der Waals surface area contributed by atoms with Gasteiger partial charge in [-0.05, 0) is 6.92 Å². The van der Waals surface area contributed by atoms with E-state index in [9.17, 15) is 17.1 Å². The quantitative estimate of drug-likeness (QED) is 0.708. The minimum Gasteiger partial charge on any atom is -0.455 e. The van der Waals surface area contributed by atoms with Crippen LogP contribution in [0.15, 0.2) is 15.4 Å². The molecule has 1 rings (SSSR count). The van der Waals surface area contributed by atoms with Crippen LogP contribution in [0.1, 0.15) is 16.3 Å². The monoisotopic (exact) mass is 207 g/mol. The summed E-state index contributed by atoms with van der Waals surface area (Å²) in [5.41, 5.74) is 4.79. The highest BCUT2D eigenvalue weighted by Gasteiger charge is 2.22. The van der Waals surface area contributed by atoms with Gasteiger partial charge >= 0.3 is 10.2 Å². The summed E-state index contributed by atoms with van der Waals surface area (Å²) in [6.07, 6.45) is 0. The molecule has 0 radical (unpaired) electrons. The topological polar surface area (TPSA) is 90.4 Å². The Labute approximate surface area is 73.5 Å². The van der Waals surface area contributed by atoms with E-state index in [2.05, 4.69) is 4.42 Å². The van der Waals surface area contributed by atoms with Crippen LogP contribution in [0.2, 0.25) is 0 Å². The number of carbonyl (C=O) groups is 1. The lowest BCUT2D eigenvalue weighted by Crippen LogP contribution is -2.09. The molecule has 0 atom stereocenters. The van der Waals surface area contributed by atoms with Crippen LogP contribution in [-0.4, -0.2) is 14.3 Å². The fourth-order valence-corrected chi connectivity index (χ4v) is 1.46. The number of amides is 1. The number of nitrogens with two attached hydrogens (primary N) is 1. The van der Waals surface area contributed by atoms with Crippen LogP contribution in [0, 0.1) is 6.92 Å². The summed E-state index contributed by atoms with van der Waals surface area (Å²) in [5.74, 6) is -1.52. The molecule has 1 aromatic rings. The van der Waals surface area contributed by atoms with Gasteiger partial charge in [-0.15, -0.1) is 3.89 Å². The van der Waals surface area contributed by atoms with Crippen LogP contribution >= 0.6 is 0 Å². The maximum atomic E-state index is 12.4. The van der Waals surface area contributed by atoms with Gasteiger partial charge in [0.15, 0.2) is 5.76 Å². The molecule has 72 valence electrons. The number of primary amides is 1. The van der Waals surface area contributed by atoms with Crippen molar-refractivity contribution >= 4 is 16.1 Å². The summed E-state index contributed by atoms with van der Waals surface area (Å²) >= 11 is 0. The Morgan fingerprint density at radius 3 is 2.38 bits per heavy atom. The molecular weight excluding hydrogens is 201 g/mol. The highest BCUT2D eigenvalue weighted by Crippen LogP contribution is 2.21. The van der Waals surface area contributed by atoms with E-state index < -0.39 is 21.0 Å². The van der Waals surface area contributed by atoms with Gasteiger partial charge in [0.05, 0.1) is 0 Å². The van der Waals surface area contributed by atoms with Crippen LogP contribution in [0.4, 0.5) is 3.89 Å². The van der Waals surface area contributed by atoms with Gasteiger partial charge < -0.3 is 10.2 Å². The molecule has 0 saturated heterocycles. The standard InChI is InChI=1S/C6H6FNO4S/c1-3-5(13(7,10)11)2-4(12-3)6(8)9/h2H,1H3,(H2,8,9). The molecular formula is C6H6FNO4S. The van der Waals surface area contributed by atoms with E-state index >= 15 is 0 Å². The van der Waals surface area contributed by atoms with E-state index in [1.54, 1.807) is 0 Å². The smallest absolute Gasteiger partial charge is 0.335 e. The summed E-state index contributed by atoms with van der Waals surface area (Å²) < 4.78 is 37.8. The zero-order valence-corrected chi connectivity index (χ0v) is 7.39. The number of furan rings is 1. The van der Waals surface area contributed by atoms with Gasteiger partial charge in [-0.1, -0.05) is 0 Å². The number of hydrogen-bond acceptors (Lipinski definition) is 4. The van der Waals surface area contributed by atoms with Crippen molar-refractivity contribution in [1.29, 1.82) is 0 Å². The Balaban J connectivity index is 3.35. The molecule has 5 nitrogen and oxygen atoms in total. The van der Waals surface area contributed by atoms with Gasteiger partial charge in [0, 0.05) is 6.07 Å². The zero-order valence-electron chi connectivity index (χ0n) is 6.57. The summed E-state index contributed by atoms with van der Waals surface area (Å²) in [4.78, 5) is 9.84. The molecule has 1 amide bonds. The van der Waals surface area contributed by atoms with E-state index in [0.717, 1.165) is 6.07 Å². The lowest BCUT2D eigenvalue weighted by molar-refractivity contribution is 0.0972. The van der Waals surface area contributed by atoms with Crippen LogP contribution in [0.3, 0.4) is 0 Å². The molecule has 13 heavy (non-hydrogen) atoms. The Bertz CT molecular complexity index is 447. The Hall–Kier alpha value is -1.37. The van der Waals surface area contributed by atoms with Crippen molar-refractivity contribution in [3.05, 3.63) is 17.6 Å². The Morgan fingerprint density at radius 2 is 2.15 bits per heavy atom. The molecule has 0 fully saturated rings. The van der Waals surface area contributed by atoms with Crippen LogP contribution in [0.25, 0.3) is 0 Å².